The van der Waals surface area contributed by atoms with Crippen LogP contribution in [0.25, 0.3) is 0 Å². The van der Waals surface area contributed by atoms with E-state index in [1.807, 2.05) is 26.2 Å². The quantitative estimate of drug-likeness (QED) is 0.654. The highest BCUT2D eigenvalue weighted by Gasteiger charge is 2.32. The predicted molar refractivity (Wildman–Crippen MR) is 99.3 cm³/mol. The summed E-state index contributed by atoms with van der Waals surface area (Å²) in [7, 11) is 0. The molecule has 0 aliphatic carbocycles. The van der Waals surface area contributed by atoms with Gasteiger partial charge in [0.2, 0.25) is 0 Å². The highest BCUT2D eigenvalue weighted by Crippen LogP contribution is 2.40. The Labute approximate surface area is 139 Å². The monoisotopic (exact) mass is 306 g/mol. The Balaban J connectivity index is 0.00000155. The summed E-state index contributed by atoms with van der Waals surface area (Å²) in [5.41, 5.74) is 2.08. The van der Waals surface area contributed by atoms with Crippen LogP contribution in [0.1, 0.15) is 73.2 Å². The molecule has 128 valence electrons. The predicted octanol–water partition coefficient (Wildman–Crippen LogP) is 5.58. The maximum atomic E-state index is 4.09. The summed E-state index contributed by atoms with van der Waals surface area (Å²) in [5.74, 6) is 0. The van der Waals surface area contributed by atoms with Crippen LogP contribution in [-0.4, -0.2) is 29.5 Å². The van der Waals surface area contributed by atoms with E-state index >= 15 is 0 Å². The number of hydrogen-bond acceptors (Lipinski definition) is 2. The molecule has 1 aliphatic rings. The molecule has 1 saturated heterocycles. The fourth-order valence-electron chi connectivity index (χ4n) is 3.77. The smallest absolute Gasteiger partial charge is 0.0270 e. The lowest BCUT2D eigenvalue weighted by Crippen LogP contribution is -2.40. The molecule has 2 rings (SSSR count). The zero-order valence-corrected chi connectivity index (χ0v) is 15.3. The molecule has 2 heterocycles. The lowest BCUT2D eigenvalue weighted by atomic mass is 9.72. The number of rotatable bonds is 7. The van der Waals surface area contributed by atoms with E-state index in [9.17, 15) is 0 Å². The van der Waals surface area contributed by atoms with Crippen LogP contribution in [0, 0.1) is 5.41 Å². The molecule has 1 fully saturated rings. The highest BCUT2D eigenvalue weighted by molar-refractivity contribution is 5.10. The topological polar surface area (TPSA) is 16.1 Å². The molecule has 2 nitrogen and oxygen atoms in total. The van der Waals surface area contributed by atoms with E-state index in [1.165, 1.54) is 63.7 Å². The molecule has 0 N–H and O–H groups in total. The van der Waals surface area contributed by atoms with Crippen molar-refractivity contribution < 1.29 is 1.43 Å². The van der Waals surface area contributed by atoms with Gasteiger partial charge < -0.3 is 4.90 Å². The van der Waals surface area contributed by atoms with Crippen molar-refractivity contribution in [1.29, 1.82) is 0 Å². The summed E-state index contributed by atoms with van der Waals surface area (Å²) in [6.07, 6.45) is 13.3. The van der Waals surface area contributed by atoms with E-state index in [0.717, 1.165) is 6.42 Å². The summed E-state index contributed by atoms with van der Waals surface area (Å²) in [6.45, 7) is 12.5. The third-order valence-corrected chi connectivity index (χ3v) is 4.94. The van der Waals surface area contributed by atoms with Crippen molar-refractivity contribution in [2.24, 2.45) is 5.41 Å². The van der Waals surface area contributed by atoms with Gasteiger partial charge >= 0.3 is 0 Å². The Morgan fingerprint density at radius 1 is 1.05 bits per heavy atom. The Morgan fingerprint density at radius 3 is 2.09 bits per heavy atom. The van der Waals surface area contributed by atoms with Crippen molar-refractivity contribution in [2.45, 2.75) is 72.6 Å². The fourth-order valence-corrected chi connectivity index (χ4v) is 3.77. The van der Waals surface area contributed by atoms with Crippen LogP contribution in [0.3, 0.4) is 0 Å². The molecule has 0 saturated carbocycles. The average molecular weight is 307 g/mol. The fraction of sp³-hybridized carbons (Fsp3) is 0.750. The lowest BCUT2D eigenvalue weighted by molar-refractivity contribution is 0.0859. The molecular formula is C20H38N2. The minimum atomic E-state index is 0. The van der Waals surface area contributed by atoms with Gasteiger partial charge in [-0.3, -0.25) is 4.98 Å². The van der Waals surface area contributed by atoms with E-state index in [2.05, 4.69) is 35.9 Å². The maximum Gasteiger partial charge on any atom is 0.0270 e. The molecule has 0 radical (unpaired) electrons. The van der Waals surface area contributed by atoms with Crippen molar-refractivity contribution in [3.8, 4) is 0 Å². The molecule has 0 atom stereocenters. The van der Waals surface area contributed by atoms with Gasteiger partial charge in [0, 0.05) is 20.4 Å². The summed E-state index contributed by atoms with van der Waals surface area (Å²) in [4.78, 5) is 6.74. The first-order valence-electron chi connectivity index (χ1n) is 9.39. The van der Waals surface area contributed by atoms with Gasteiger partial charge in [0.15, 0.2) is 0 Å². The van der Waals surface area contributed by atoms with Crippen molar-refractivity contribution in [2.75, 3.05) is 19.6 Å². The number of piperidine rings is 1. The SMILES string of the molecule is CC.CCCC1(CCC)CCN(CCc2ccncc2)CC1.[HH]. The molecule has 1 aromatic heterocycles. The molecule has 2 heteroatoms. The standard InChI is InChI=1S/C18H30N2.C2H6.H2/c1-3-8-18(9-4-2)10-15-20(16-11-18)14-7-17-5-12-19-13-6-17;1-2;/h5-6,12-13H,3-4,7-11,14-16H2,1-2H3;1-2H3;1H. The first-order chi connectivity index (χ1) is 10.8. The minimum Gasteiger partial charge on any atom is -0.303 e. The highest BCUT2D eigenvalue weighted by atomic mass is 15.1. The number of pyridine rings is 1. The van der Waals surface area contributed by atoms with Crippen LogP contribution in [0.15, 0.2) is 24.5 Å². The third-order valence-electron chi connectivity index (χ3n) is 4.94. The minimum absolute atomic E-state index is 0. The third kappa shape index (κ3) is 6.08. The number of nitrogens with zero attached hydrogens (tertiary/aromatic N) is 2. The van der Waals surface area contributed by atoms with Gasteiger partial charge in [-0.15, -0.1) is 0 Å². The Kier molecular flexibility index (Phi) is 9.38. The van der Waals surface area contributed by atoms with Gasteiger partial charge in [0.1, 0.15) is 0 Å². The second kappa shape index (κ2) is 10.8. The Bertz CT molecular complexity index is 364. The van der Waals surface area contributed by atoms with Crippen LogP contribution < -0.4 is 0 Å². The first kappa shape index (κ1) is 19.2. The zero-order chi connectivity index (χ0) is 16.3. The van der Waals surface area contributed by atoms with Crippen molar-refractivity contribution >= 4 is 0 Å². The van der Waals surface area contributed by atoms with Gasteiger partial charge in [-0.2, -0.15) is 0 Å². The second-order valence-corrected chi connectivity index (χ2v) is 6.45. The number of aromatic nitrogens is 1. The first-order valence-corrected chi connectivity index (χ1v) is 9.39. The molecule has 0 unspecified atom stereocenters. The van der Waals surface area contributed by atoms with Crippen LogP contribution in [-0.2, 0) is 6.42 Å². The lowest BCUT2D eigenvalue weighted by Gasteiger charge is -2.42. The molecule has 1 aliphatic heterocycles. The van der Waals surface area contributed by atoms with E-state index in [0.29, 0.717) is 5.41 Å². The van der Waals surface area contributed by atoms with Gasteiger partial charge in [-0.05, 0) is 68.3 Å². The van der Waals surface area contributed by atoms with Crippen LogP contribution in [0.5, 0.6) is 0 Å². The molecule has 22 heavy (non-hydrogen) atoms. The van der Waals surface area contributed by atoms with Crippen LogP contribution in [0.2, 0.25) is 0 Å². The van der Waals surface area contributed by atoms with E-state index in [1.54, 1.807) is 0 Å². The van der Waals surface area contributed by atoms with E-state index in [4.69, 9.17) is 0 Å². The van der Waals surface area contributed by atoms with Crippen molar-refractivity contribution in [1.82, 2.24) is 9.88 Å². The van der Waals surface area contributed by atoms with E-state index < -0.39 is 0 Å². The zero-order valence-electron chi connectivity index (χ0n) is 15.3. The van der Waals surface area contributed by atoms with Crippen molar-refractivity contribution in [3.05, 3.63) is 30.1 Å². The number of hydrogen-bond donors (Lipinski definition) is 0. The molecule has 0 aromatic carbocycles. The molecule has 1 aromatic rings. The summed E-state index contributed by atoms with van der Waals surface area (Å²) < 4.78 is 0. The molecule has 0 bridgehead atoms. The largest absolute Gasteiger partial charge is 0.303 e. The van der Waals surface area contributed by atoms with Crippen LogP contribution in [0.4, 0.5) is 0 Å². The van der Waals surface area contributed by atoms with Crippen LogP contribution >= 0.6 is 0 Å². The van der Waals surface area contributed by atoms with E-state index in [-0.39, 0.29) is 1.43 Å². The molecule has 0 spiro atoms. The van der Waals surface area contributed by atoms with Gasteiger partial charge in [-0.1, -0.05) is 40.5 Å². The Morgan fingerprint density at radius 2 is 1.59 bits per heavy atom. The number of likely N-dealkylation sites (tertiary alicyclic amines) is 1. The normalized spacial score (nSPS) is 17.6. The average Bonchev–Trinajstić information content (AvgIpc) is 2.58. The Hall–Kier alpha value is -0.890. The van der Waals surface area contributed by atoms with Gasteiger partial charge in [0.05, 0.1) is 0 Å². The second-order valence-electron chi connectivity index (χ2n) is 6.45. The van der Waals surface area contributed by atoms with Gasteiger partial charge in [0.25, 0.3) is 0 Å². The summed E-state index contributed by atoms with van der Waals surface area (Å²) >= 11 is 0. The molecule has 0 amide bonds. The summed E-state index contributed by atoms with van der Waals surface area (Å²) in [5, 5.41) is 0. The van der Waals surface area contributed by atoms with Gasteiger partial charge in [-0.25, -0.2) is 0 Å². The van der Waals surface area contributed by atoms with Crippen molar-refractivity contribution in [3.63, 3.8) is 0 Å². The maximum absolute atomic E-state index is 4.09. The molecular weight excluding hydrogens is 268 g/mol. The summed E-state index contributed by atoms with van der Waals surface area (Å²) in [6, 6.07) is 4.28.